The molecule has 2 atom stereocenters. The van der Waals surface area contributed by atoms with Crippen LogP contribution in [0.3, 0.4) is 0 Å². The van der Waals surface area contributed by atoms with E-state index < -0.39 is 6.10 Å². The Bertz CT molecular complexity index is 513. The molecule has 0 bridgehead atoms. The summed E-state index contributed by atoms with van der Waals surface area (Å²) in [4.78, 5) is 25.3. The summed E-state index contributed by atoms with van der Waals surface area (Å²) in [6.45, 7) is 4.78. The molecule has 0 radical (unpaired) electrons. The van der Waals surface area contributed by atoms with Crippen LogP contribution < -0.4 is 10.5 Å². The van der Waals surface area contributed by atoms with Gasteiger partial charge in [-0.2, -0.15) is 0 Å². The number of nitrogens with two attached hydrogens (primary N) is 1. The van der Waals surface area contributed by atoms with Gasteiger partial charge in [0.2, 0.25) is 5.91 Å². The number of piperidine rings is 1. The molecule has 0 aliphatic carbocycles. The average molecular weight is 290 g/mol. The Morgan fingerprint density at radius 2 is 2.00 bits per heavy atom. The van der Waals surface area contributed by atoms with Crippen molar-refractivity contribution in [3.05, 3.63) is 29.8 Å². The number of carbonyl (C=O) groups is 2. The summed E-state index contributed by atoms with van der Waals surface area (Å²) < 4.78 is 5.67. The van der Waals surface area contributed by atoms with Gasteiger partial charge in [0, 0.05) is 13.1 Å². The Morgan fingerprint density at radius 1 is 1.33 bits per heavy atom. The molecule has 5 nitrogen and oxygen atoms in total. The number of amides is 2. The smallest absolute Gasteiger partial charge is 0.263 e. The van der Waals surface area contributed by atoms with Gasteiger partial charge in [-0.25, -0.2) is 0 Å². The number of hydrogen-bond donors (Lipinski definition) is 1. The minimum Gasteiger partial charge on any atom is -0.481 e. The van der Waals surface area contributed by atoms with E-state index in [1.165, 1.54) is 0 Å². The molecule has 2 rings (SSSR count). The molecule has 1 fully saturated rings. The summed E-state index contributed by atoms with van der Waals surface area (Å²) in [6, 6.07) is 7.58. The van der Waals surface area contributed by atoms with E-state index in [0.717, 1.165) is 18.4 Å². The Morgan fingerprint density at radius 3 is 2.62 bits per heavy atom. The van der Waals surface area contributed by atoms with E-state index in [-0.39, 0.29) is 17.7 Å². The molecule has 1 saturated heterocycles. The number of rotatable bonds is 4. The van der Waals surface area contributed by atoms with Crippen LogP contribution in [0.25, 0.3) is 0 Å². The average Bonchev–Trinajstić information content (AvgIpc) is 2.49. The Kier molecular flexibility index (Phi) is 4.83. The molecule has 1 aromatic carbocycles. The molecular formula is C16H22N2O3. The second-order valence-electron chi connectivity index (χ2n) is 5.60. The third-order valence-electron chi connectivity index (χ3n) is 3.82. The first-order chi connectivity index (χ1) is 9.97. The number of carbonyl (C=O) groups excluding carboxylic acids is 2. The zero-order valence-corrected chi connectivity index (χ0v) is 12.5. The topological polar surface area (TPSA) is 72.6 Å². The van der Waals surface area contributed by atoms with Gasteiger partial charge in [-0.1, -0.05) is 17.7 Å². The van der Waals surface area contributed by atoms with Gasteiger partial charge in [-0.15, -0.1) is 0 Å². The maximum Gasteiger partial charge on any atom is 0.263 e. The lowest BCUT2D eigenvalue weighted by atomic mass is 9.97. The number of likely N-dealkylation sites (tertiary alicyclic amines) is 1. The number of hydrogen-bond acceptors (Lipinski definition) is 3. The first-order valence-corrected chi connectivity index (χ1v) is 7.29. The van der Waals surface area contributed by atoms with Crippen LogP contribution in [0.15, 0.2) is 24.3 Å². The predicted octanol–water partition coefficient (Wildman–Crippen LogP) is 1.49. The summed E-state index contributed by atoms with van der Waals surface area (Å²) in [6.07, 6.45) is 0.988. The zero-order chi connectivity index (χ0) is 15.4. The summed E-state index contributed by atoms with van der Waals surface area (Å²) in [5.41, 5.74) is 6.48. The van der Waals surface area contributed by atoms with E-state index in [4.69, 9.17) is 10.5 Å². The van der Waals surface area contributed by atoms with Crippen molar-refractivity contribution in [1.82, 2.24) is 4.90 Å². The lowest BCUT2D eigenvalue weighted by Gasteiger charge is -2.32. The maximum absolute atomic E-state index is 12.4. The molecule has 5 heteroatoms. The molecule has 1 aliphatic rings. The van der Waals surface area contributed by atoms with Crippen LogP contribution in [-0.2, 0) is 9.59 Å². The molecule has 2 amide bonds. The summed E-state index contributed by atoms with van der Waals surface area (Å²) in [5, 5.41) is 0. The SMILES string of the molecule is Cc1ccc(OC(C)C(=O)N2CCCC(C(N)=O)C2)cc1. The van der Waals surface area contributed by atoms with Crippen LogP contribution in [0.1, 0.15) is 25.3 Å². The van der Waals surface area contributed by atoms with Gasteiger partial charge in [-0.3, -0.25) is 9.59 Å². The number of benzene rings is 1. The van der Waals surface area contributed by atoms with Crippen LogP contribution >= 0.6 is 0 Å². The van der Waals surface area contributed by atoms with E-state index in [1.54, 1.807) is 11.8 Å². The van der Waals surface area contributed by atoms with Crippen LogP contribution in [0.4, 0.5) is 0 Å². The normalized spacial score (nSPS) is 19.9. The van der Waals surface area contributed by atoms with E-state index in [1.807, 2.05) is 31.2 Å². The van der Waals surface area contributed by atoms with Crippen molar-refractivity contribution in [2.45, 2.75) is 32.8 Å². The molecule has 0 saturated carbocycles. The maximum atomic E-state index is 12.4. The summed E-state index contributed by atoms with van der Waals surface area (Å²) in [5.74, 6) is 0.000293. The highest BCUT2D eigenvalue weighted by atomic mass is 16.5. The van der Waals surface area contributed by atoms with Crippen LogP contribution in [-0.4, -0.2) is 35.9 Å². The van der Waals surface area contributed by atoms with E-state index in [2.05, 4.69) is 0 Å². The highest BCUT2D eigenvalue weighted by Gasteiger charge is 2.30. The molecule has 1 heterocycles. The second kappa shape index (κ2) is 6.61. The minimum atomic E-state index is -0.570. The lowest BCUT2D eigenvalue weighted by Crippen LogP contribution is -2.48. The molecule has 21 heavy (non-hydrogen) atoms. The van der Waals surface area contributed by atoms with Crippen LogP contribution in [0, 0.1) is 12.8 Å². The van der Waals surface area contributed by atoms with Gasteiger partial charge in [0.25, 0.3) is 5.91 Å². The minimum absolute atomic E-state index is 0.0958. The van der Waals surface area contributed by atoms with Gasteiger partial charge < -0.3 is 15.4 Å². The first kappa shape index (κ1) is 15.4. The number of aryl methyl sites for hydroxylation is 1. The van der Waals surface area contributed by atoms with Gasteiger partial charge in [-0.05, 0) is 38.8 Å². The van der Waals surface area contributed by atoms with Crippen molar-refractivity contribution in [3.8, 4) is 5.75 Å². The van der Waals surface area contributed by atoms with E-state index in [0.29, 0.717) is 18.8 Å². The van der Waals surface area contributed by atoms with Crippen molar-refractivity contribution < 1.29 is 14.3 Å². The number of nitrogens with zero attached hydrogens (tertiary/aromatic N) is 1. The molecule has 1 aromatic rings. The van der Waals surface area contributed by atoms with Crippen LogP contribution in [0.5, 0.6) is 5.75 Å². The molecule has 114 valence electrons. The number of primary amides is 1. The summed E-state index contributed by atoms with van der Waals surface area (Å²) in [7, 11) is 0. The van der Waals surface area contributed by atoms with E-state index >= 15 is 0 Å². The highest BCUT2D eigenvalue weighted by Crippen LogP contribution is 2.19. The van der Waals surface area contributed by atoms with Gasteiger partial charge in [0.15, 0.2) is 6.10 Å². The molecule has 1 aliphatic heterocycles. The standard InChI is InChI=1S/C16H22N2O3/c1-11-5-7-14(8-6-11)21-12(2)16(20)18-9-3-4-13(10-18)15(17)19/h5-8,12-13H,3-4,9-10H2,1-2H3,(H2,17,19). The fourth-order valence-corrected chi connectivity index (χ4v) is 2.54. The molecule has 2 unspecified atom stereocenters. The molecular weight excluding hydrogens is 268 g/mol. The Labute approximate surface area is 125 Å². The van der Waals surface area contributed by atoms with Crippen molar-refractivity contribution in [3.63, 3.8) is 0 Å². The molecule has 0 spiro atoms. The van der Waals surface area contributed by atoms with Crippen molar-refractivity contribution in [1.29, 1.82) is 0 Å². The van der Waals surface area contributed by atoms with Crippen molar-refractivity contribution >= 4 is 11.8 Å². The fraction of sp³-hybridized carbons (Fsp3) is 0.500. The van der Waals surface area contributed by atoms with E-state index in [9.17, 15) is 9.59 Å². The van der Waals surface area contributed by atoms with Crippen LogP contribution in [0.2, 0.25) is 0 Å². The highest BCUT2D eigenvalue weighted by molar-refractivity contribution is 5.83. The first-order valence-electron chi connectivity index (χ1n) is 7.29. The van der Waals surface area contributed by atoms with Crippen molar-refractivity contribution in [2.24, 2.45) is 11.7 Å². The third kappa shape index (κ3) is 3.97. The lowest BCUT2D eigenvalue weighted by molar-refractivity contribution is -0.141. The molecule has 2 N–H and O–H groups in total. The quantitative estimate of drug-likeness (QED) is 0.913. The largest absolute Gasteiger partial charge is 0.481 e. The number of ether oxygens (including phenoxy) is 1. The second-order valence-corrected chi connectivity index (χ2v) is 5.60. The molecule has 0 aromatic heterocycles. The Balaban J connectivity index is 1.95. The van der Waals surface area contributed by atoms with Gasteiger partial charge in [0.05, 0.1) is 5.92 Å². The van der Waals surface area contributed by atoms with Gasteiger partial charge in [0.1, 0.15) is 5.75 Å². The monoisotopic (exact) mass is 290 g/mol. The third-order valence-corrected chi connectivity index (χ3v) is 3.82. The Hall–Kier alpha value is -2.04. The van der Waals surface area contributed by atoms with Crippen molar-refractivity contribution in [2.75, 3.05) is 13.1 Å². The predicted molar refractivity (Wildman–Crippen MR) is 79.8 cm³/mol. The zero-order valence-electron chi connectivity index (χ0n) is 12.5. The van der Waals surface area contributed by atoms with Gasteiger partial charge >= 0.3 is 0 Å². The fourth-order valence-electron chi connectivity index (χ4n) is 2.54. The summed E-state index contributed by atoms with van der Waals surface area (Å²) >= 11 is 0.